The van der Waals surface area contributed by atoms with E-state index >= 15 is 0 Å². The molecule has 2 amide bonds. The van der Waals surface area contributed by atoms with Crippen molar-refractivity contribution in [2.75, 3.05) is 38.0 Å². The van der Waals surface area contributed by atoms with Gasteiger partial charge in [-0.05, 0) is 61.3 Å². The van der Waals surface area contributed by atoms with Crippen LogP contribution in [0, 0.1) is 23.6 Å². The average Bonchev–Trinajstić information content (AvgIpc) is 3.27. The Kier molecular flexibility index (Phi) is 5.43. The van der Waals surface area contributed by atoms with Crippen molar-refractivity contribution in [3.8, 4) is 0 Å². The van der Waals surface area contributed by atoms with E-state index in [1.54, 1.807) is 12.1 Å². The van der Waals surface area contributed by atoms with Gasteiger partial charge in [-0.2, -0.15) is 0 Å². The number of halogens is 1. The van der Waals surface area contributed by atoms with Crippen LogP contribution in [0.5, 0.6) is 0 Å². The molecule has 2 bridgehead atoms. The van der Waals surface area contributed by atoms with Crippen LogP contribution in [0.3, 0.4) is 0 Å². The van der Waals surface area contributed by atoms with Gasteiger partial charge in [-0.3, -0.25) is 14.5 Å². The van der Waals surface area contributed by atoms with Crippen LogP contribution in [-0.4, -0.2) is 54.3 Å². The van der Waals surface area contributed by atoms with Gasteiger partial charge in [0.25, 0.3) is 0 Å². The van der Waals surface area contributed by atoms with Crippen molar-refractivity contribution in [2.24, 2.45) is 17.8 Å². The van der Waals surface area contributed by atoms with Crippen LogP contribution in [0.1, 0.15) is 32.1 Å². The first-order valence-electron chi connectivity index (χ1n) is 10.1. The fraction of sp³-hybridized carbons (Fsp3) is 0.619. The predicted molar refractivity (Wildman–Crippen MR) is 102 cm³/mol. The standard InChI is InChI=1S/C21H28FN3O2/c22-18-3-5-19(6-4-18)23-20(26)14-24-7-9-25(10-8-24)21(27)13-17-12-15-1-2-16(17)11-15/h3-6,15-17H,1-2,7-14H2,(H,23,26)/t15-,16+,17+/m0/s1. The summed E-state index contributed by atoms with van der Waals surface area (Å²) < 4.78 is 12.9. The summed E-state index contributed by atoms with van der Waals surface area (Å²) in [4.78, 5) is 28.8. The van der Waals surface area contributed by atoms with Crippen LogP contribution in [0.2, 0.25) is 0 Å². The number of carbonyl (C=O) groups excluding carboxylic acids is 2. The summed E-state index contributed by atoms with van der Waals surface area (Å²) >= 11 is 0. The number of anilines is 1. The van der Waals surface area contributed by atoms with Gasteiger partial charge in [0, 0.05) is 38.3 Å². The number of benzene rings is 1. The van der Waals surface area contributed by atoms with Crippen LogP contribution in [-0.2, 0) is 9.59 Å². The zero-order valence-electron chi connectivity index (χ0n) is 15.7. The number of carbonyl (C=O) groups is 2. The van der Waals surface area contributed by atoms with Crippen molar-refractivity contribution in [1.82, 2.24) is 9.80 Å². The Balaban J connectivity index is 1.19. The third-order valence-corrected chi connectivity index (χ3v) is 6.54. The van der Waals surface area contributed by atoms with E-state index in [4.69, 9.17) is 0 Å². The molecule has 1 heterocycles. The lowest BCUT2D eigenvalue weighted by Crippen LogP contribution is -2.50. The van der Waals surface area contributed by atoms with Gasteiger partial charge < -0.3 is 10.2 Å². The third-order valence-electron chi connectivity index (χ3n) is 6.54. The molecule has 2 saturated carbocycles. The molecule has 2 aliphatic carbocycles. The molecule has 0 radical (unpaired) electrons. The lowest BCUT2D eigenvalue weighted by Gasteiger charge is -2.35. The van der Waals surface area contributed by atoms with Gasteiger partial charge in [-0.1, -0.05) is 6.42 Å². The Morgan fingerprint density at radius 2 is 1.78 bits per heavy atom. The molecule has 3 atom stereocenters. The molecule has 3 aliphatic rings. The van der Waals surface area contributed by atoms with Crippen LogP contribution in [0.25, 0.3) is 0 Å². The molecule has 1 aromatic rings. The average molecular weight is 373 g/mol. The molecule has 1 N–H and O–H groups in total. The quantitative estimate of drug-likeness (QED) is 0.863. The molecule has 0 spiro atoms. The molecule has 5 nitrogen and oxygen atoms in total. The molecule has 27 heavy (non-hydrogen) atoms. The summed E-state index contributed by atoms with van der Waals surface area (Å²) in [7, 11) is 0. The minimum Gasteiger partial charge on any atom is -0.340 e. The van der Waals surface area contributed by atoms with E-state index in [-0.39, 0.29) is 11.7 Å². The molecule has 3 fully saturated rings. The maximum Gasteiger partial charge on any atom is 0.238 e. The predicted octanol–water partition coefficient (Wildman–Crippen LogP) is 2.73. The van der Waals surface area contributed by atoms with Crippen molar-refractivity contribution >= 4 is 17.5 Å². The fourth-order valence-corrected chi connectivity index (χ4v) is 5.07. The molecule has 4 rings (SSSR count). The van der Waals surface area contributed by atoms with E-state index in [9.17, 15) is 14.0 Å². The highest BCUT2D eigenvalue weighted by Gasteiger charge is 2.40. The topological polar surface area (TPSA) is 52.7 Å². The largest absolute Gasteiger partial charge is 0.340 e. The van der Waals surface area contributed by atoms with Crippen molar-refractivity contribution in [1.29, 1.82) is 0 Å². The van der Waals surface area contributed by atoms with Crippen LogP contribution >= 0.6 is 0 Å². The number of fused-ring (bicyclic) bond motifs is 2. The first-order chi connectivity index (χ1) is 13.1. The smallest absolute Gasteiger partial charge is 0.238 e. The second-order valence-corrected chi connectivity index (χ2v) is 8.35. The van der Waals surface area contributed by atoms with Gasteiger partial charge in [-0.25, -0.2) is 4.39 Å². The molecule has 0 unspecified atom stereocenters. The Labute approximate surface area is 159 Å². The fourth-order valence-electron chi connectivity index (χ4n) is 5.07. The van der Waals surface area contributed by atoms with Crippen molar-refractivity contribution in [3.05, 3.63) is 30.1 Å². The Morgan fingerprint density at radius 1 is 1.04 bits per heavy atom. The summed E-state index contributed by atoms with van der Waals surface area (Å²) in [6.07, 6.45) is 5.99. The monoisotopic (exact) mass is 373 g/mol. The summed E-state index contributed by atoms with van der Waals surface area (Å²) in [5, 5.41) is 2.79. The molecule has 0 aromatic heterocycles. The SMILES string of the molecule is O=C(CN1CCN(C(=O)C[C@H]2C[C@H]3CC[C@@H]2C3)CC1)Nc1ccc(F)cc1. The second kappa shape index (κ2) is 7.97. The van der Waals surface area contributed by atoms with Gasteiger partial charge >= 0.3 is 0 Å². The van der Waals surface area contributed by atoms with Crippen molar-refractivity contribution in [3.63, 3.8) is 0 Å². The Hall–Kier alpha value is -1.95. The van der Waals surface area contributed by atoms with Gasteiger partial charge in [0.1, 0.15) is 5.82 Å². The van der Waals surface area contributed by atoms with Crippen molar-refractivity contribution < 1.29 is 14.0 Å². The first kappa shape index (κ1) is 18.4. The third kappa shape index (κ3) is 4.49. The number of hydrogen-bond donors (Lipinski definition) is 1. The highest BCUT2D eigenvalue weighted by Crippen LogP contribution is 2.49. The summed E-state index contributed by atoms with van der Waals surface area (Å²) in [6.45, 7) is 3.14. The minimum atomic E-state index is -0.320. The molecule has 1 aromatic carbocycles. The van der Waals surface area contributed by atoms with E-state index in [1.807, 2.05) is 4.90 Å². The molecule has 1 aliphatic heterocycles. The number of amides is 2. The maximum atomic E-state index is 12.9. The molecule has 6 heteroatoms. The highest BCUT2D eigenvalue weighted by atomic mass is 19.1. The number of piperazine rings is 1. The zero-order chi connectivity index (χ0) is 18.8. The van der Waals surface area contributed by atoms with E-state index in [0.717, 1.165) is 24.9 Å². The summed E-state index contributed by atoms with van der Waals surface area (Å²) in [5.41, 5.74) is 0.598. The van der Waals surface area contributed by atoms with Gasteiger partial charge in [0.2, 0.25) is 11.8 Å². The van der Waals surface area contributed by atoms with E-state index < -0.39 is 0 Å². The zero-order valence-corrected chi connectivity index (χ0v) is 15.7. The van der Waals surface area contributed by atoms with Crippen molar-refractivity contribution in [2.45, 2.75) is 32.1 Å². The lowest BCUT2D eigenvalue weighted by molar-refractivity contribution is -0.134. The second-order valence-electron chi connectivity index (χ2n) is 8.35. The van der Waals surface area contributed by atoms with Crippen LogP contribution in [0.4, 0.5) is 10.1 Å². The lowest BCUT2D eigenvalue weighted by atomic mass is 9.86. The Bertz CT molecular complexity index is 685. The molecular weight excluding hydrogens is 345 g/mol. The summed E-state index contributed by atoms with van der Waals surface area (Å²) in [5.74, 6) is 2.14. The van der Waals surface area contributed by atoms with Crippen LogP contribution in [0.15, 0.2) is 24.3 Å². The first-order valence-corrected chi connectivity index (χ1v) is 10.1. The number of nitrogens with one attached hydrogen (secondary N) is 1. The van der Waals surface area contributed by atoms with Gasteiger partial charge in [0.05, 0.1) is 6.54 Å². The number of nitrogens with zero attached hydrogens (tertiary/aromatic N) is 2. The number of hydrogen-bond acceptors (Lipinski definition) is 3. The van der Waals surface area contributed by atoms with E-state index in [2.05, 4.69) is 10.2 Å². The van der Waals surface area contributed by atoms with E-state index in [1.165, 1.54) is 37.8 Å². The minimum absolute atomic E-state index is 0.108. The van der Waals surface area contributed by atoms with E-state index in [0.29, 0.717) is 43.6 Å². The normalized spacial score (nSPS) is 27.7. The van der Waals surface area contributed by atoms with Gasteiger partial charge in [-0.15, -0.1) is 0 Å². The maximum absolute atomic E-state index is 12.9. The van der Waals surface area contributed by atoms with Crippen LogP contribution < -0.4 is 5.32 Å². The summed E-state index contributed by atoms with van der Waals surface area (Å²) in [6, 6.07) is 5.77. The number of rotatable bonds is 5. The molecule has 1 saturated heterocycles. The highest BCUT2D eigenvalue weighted by molar-refractivity contribution is 5.92. The molecular formula is C21H28FN3O2. The van der Waals surface area contributed by atoms with Gasteiger partial charge in [0.15, 0.2) is 0 Å². The molecule has 146 valence electrons. The Morgan fingerprint density at radius 3 is 2.41 bits per heavy atom.